The molecule has 0 aromatic carbocycles. The molecule has 2 N–H and O–H groups in total. The molecular weight excluding hydrogens is 208 g/mol. The first-order valence-electron chi connectivity index (χ1n) is 7.63. The van der Waals surface area contributed by atoms with Crippen LogP contribution in [0.15, 0.2) is 0 Å². The zero-order valence-corrected chi connectivity index (χ0v) is 11.7. The van der Waals surface area contributed by atoms with Crippen LogP contribution < -0.4 is 5.73 Å². The minimum absolute atomic E-state index is 0.395. The van der Waals surface area contributed by atoms with Crippen LogP contribution >= 0.6 is 0 Å². The Morgan fingerprint density at radius 3 is 2.47 bits per heavy atom. The van der Waals surface area contributed by atoms with Crippen LogP contribution in [-0.4, -0.2) is 30.6 Å². The van der Waals surface area contributed by atoms with Gasteiger partial charge in [-0.3, -0.25) is 0 Å². The van der Waals surface area contributed by atoms with Crippen LogP contribution in [0.2, 0.25) is 0 Å². The molecule has 1 aliphatic carbocycles. The summed E-state index contributed by atoms with van der Waals surface area (Å²) >= 11 is 0. The lowest BCUT2D eigenvalue weighted by Crippen LogP contribution is -2.42. The predicted octanol–water partition coefficient (Wildman–Crippen LogP) is 2.87. The third-order valence-corrected chi connectivity index (χ3v) is 4.94. The van der Waals surface area contributed by atoms with Crippen LogP contribution in [0.4, 0.5) is 0 Å². The maximum absolute atomic E-state index is 6.00. The first-order valence-corrected chi connectivity index (χ1v) is 7.63. The van der Waals surface area contributed by atoms with Gasteiger partial charge >= 0.3 is 0 Å². The van der Waals surface area contributed by atoms with Crippen molar-refractivity contribution in [3.63, 3.8) is 0 Å². The minimum Gasteiger partial charge on any atom is -0.328 e. The van der Waals surface area contributed by atoms with Crippen molar-refractivity contribution in [1.29, 1.82) is 0 Å². The van der Waals surface area contributed by atoms with E-state index in [0.717, 1.165) is 17.8 Å². The van der Waals surface area contributed by atoms with Crippen molar-refractivity contribution in [3.05, 3.63) is 0 Å². The van der Waals surface area contributed by atoms with Crippen LogP contribution in [-0.2, 0) is 0 Å². The molecule has 0 spiro atoms. The zero-order chi connectivity index (χ0) is 12.3. The Morgan fingerprint density at radius 2 is 1.88 bits per heavy atom. The van der Waals surface area contributed by atoms with Gasteiger partial charge in [0.15, 0.2) is 0 Å². The highest BCUT2D eigenvalue weighted by Gasteiger charge is 2.25. The summed E-state index contributed by atoms with van der Waals surface area (Å²) in [6.07, 6.45) is 8.50. The molecule has 3 unspecified atom stereocenters. The van der Waals surface area contributed by atoms with E-state index >= 15 is 0 Å². The molecule has 0 radical (unpaired) electrons. The first kappa shape index (κ1) is 13.4. The highest BCUT2D eigenvalue weighted by atomic mass is 15.1. The molecule has 2 rings (SSSR count). The van der Waals surface area contributed by atoms with Gasteiger partial charge in [0.2, 0.25) is 0 Å². The third kappa shape index (κ3) is 3.96. The van der Waals surface area contributed by atoms with Crippen LogP contribution in [0.1, 0.15) is 52.4 Å². The maximum atomic E-state index is 6.00. The lowest BCUT2D eigenvalue weighted by Gasteiger charge is -2.37. The highest BCUT2D eigenvalue weighted by molar-refractivity contribution is 4.80. The van der Waals surface area contributed by atoms with Gasteiger partial charge in [0.1, 0.15) is 0 Å². The number of nitrogens with zero attached hydrogens (tertiary/aromatic N) is 1. The second-order valence-electron chi connectivity index (χ2n) is 6.63. The molecule has 3 atom stereocenters. The van der Waals surface area contributed by atoms with Crippen molar-refractivity contribution >= 4 is 0 Å². The Kier molecular flexibility index (Phi) is 4.87. The Morgan fingerprint density at radius 1 is 1.18 bits per heavy atom. The average Bonchev–Trinajstić information content (AvgIpc) is 2.29. The second-order valence-corrected chi connectivity index (χ2v) is 6.63. The number of piperidine rings is 1. The molecule has 1 saturated carbocycles. The van der Waals surface area contributed by atoms with Gasteiger partial charge < -0.3 is 10.6 Å². The fourth-order valence-electron chi connectivity index (χ4n) is 3.75. The van der Waals surface area contributed by atoms with E-state index in [1.807, 2.05) is 0 Å². The topological polar surface area (TPSA) is 29.3 Å². The van der Waals surface area contributed by atoms with Gasteiger partial charge in [0.05, 0.1) is 0 Å². The Labute approximate surface area is 107 Å². The van der Waals surface area contributed by atoms with Crippen molar-refractivity contribution < 1.29 is 0 Å². The van der Waals surface area contributed by atoms with Crippen molar-refractivity contribution in [3.8, 4) is 0 Å². The van der Waals surface area contributed by atoms with E-state index in [4.69, 9.17) is 5.73 Å². The summed E-state index contributed by atoms with van der Waals surface area (Å²) in [6.45, 7) is 8.53. The van der Waals surface area contributed by atoms with E-state index in [2.05, 4.69) is 18.7 Å². The van der Waals surface area contributed by atoms with E-state index in [9.17, 15) is 0 Å². The van der Waals surface area contributed by atoms with Gasteiger partial charge in [-0.25, -0.2) is 0 Å². The molecular formula is C15H30N2. The molecule has 0 aromatic rings. The standard InChI is InChI=1S/C15H30N2/c1-12-4-3-5-14(10-12)11-17-8-6-15(7-9-17)13(2)16/h12-15H,3-11,16H2,1-2H3. The van der Waals surface area contributed by atoms with Crippen molar-refractivity contribution in [2.75, 3.05) is 19.6 Å². The molecule has 1 heterocycles. The molecule has 17 heavy (non-hydrogen) atoms. The van der Waals surface area contributed by atoms with Crippen molar-refractivity contribution in [2.24, 2.45) is 23.5 Å². The number of hydrogen-bond acceptors (Lipinski definition) is 2. The third-order valence-electron chi connectivity index (χ3n) is 4.94. The molecule has 2 aliphatic rings. The quantitative estimate of drug-likeness (QED) is 0.819. The Bertz CT molecular complexity index is 219. The van der Waals surface area contributed by atoms with Gasteiger partial charge in [0, 0.05) is 12.6 Å². The smallest absolute Gasteiger partial charge is 0.00397 e. The van der Waals surface area contributed by atoms with Gasteiger partial charge in [-0.1, -0.05) is 19.8 Å². The summed E-state index contributed by atoms with van der Waals surface area (Å²) in [5, 5.41) is 0. The zero-order valence-electron chi connectivity index (χ0n) is 11.7. The Balaban J connectivity index is 1.70. The van der Waals surface area contributed by atoms with Gasteiger partial charge in [-0.15, -0.1) is 0 Å². The van der Waals surface area contributed by atoms with E-state index in [1.165, 1.54) is 58.2 Å². The molecule has 1 aliphatic heterocycles. The molecule has 2 nitrogen and oxygen atoms in total. The summed E-state index contributed by atoms with van der Waals surface area (Å²) in [4.78, 5) is 2.70. The Hall–Kier alpha value is -0.0800. The van der Waals surface area contributed by atoms with Crippen molar-refractivity contribution in [1.82, 2.24) is 4.90 Å². The predicted molar refractivity (Wildman–Crippen MR) is 73.9 cm³/mol. The van der Waals surface area contributed by atoms with Crippen LogP contribution in [0, 0.1) is 17.8 Å². The maximum Gasteiger partial charge on any atom is 0.00397 e. The molecule has 100 valence electrons. The minimum atomic E-state index is 0.395. The van der Waals surface area contributed by atoms with Crippen LogP contribution in [0.25, 0.3) is 0 Å². The summed E-state index contributed by atoms with van der Waals surface area (Å²) in [7, 11) is 0. The first-order chi connectivity index (χ1) is 8.15. The van der Waals surface area contributed by atoms with Gasteiger partial charge in [0.25, 0.3) is 0 Å². The van der Waals surface area contributed by atoms with Crippen molar-refractivity contribution in [2.45, 2.75) is 58.4 Å². The summed E-state index contributed by atoms with van der Waals surface area (Å²) in [5.41, 5.74) is 6.00. The summed E-state index contributed by atoms with van der Waals surface area (Å²) in [5.74, 6) is 2.72. The normalized spacial score (nSPS) is 34.8. The number of nitrogens with two attached hydrogens (primary N) is 1. The van der Waals surface area contributed by atoms with E-state index in [0.29, 0.717) is 6.04 Å². The molecule has 0 aromatic heterocycles. The monoisotopic (exact) mass is 238 g/mol. The van der Waals surface area contributed by atoms with E-state index < -0.39 is 0 Å². The average molecular weight is 238 g/mol. The number of hydrogen-bond donors (Lipinski definition) is 1. The second kappa shape index (κ2) is 6.19. The summed E-state index contributed by atoms with van der Waals surface area (Å²) in [6, 6.07) is 0.395. The molecule has 0 amide bonds. The lowest BCUT2D eigenvalue weighted by atomic mass is 9.81. The largest absolute Gasteiger partial charge is 0.328 e. The lowest BCUT2D eigenvalue weighted by molar-refractivity contribution is 0.129. The van der Waals surface area contributed by atoms with E-state index in [1.54, 1.807) is 0 Å². The SMILES string of the molecule is CC1CCCC(CN2CCC(C(C)N)CC2)C1. The van der Waals surface area contributed by atoms with Crippen LogP contribution in [0.5, 0.6) is 0 Å². The van der Waals surface area contributed by atoms with Gasteiger partial charge in [-0.2, -0.15) is 0 Å². The highest BCUT2D eigenvalue weighted by Crippen LogP contribution is 2.30. The summed E-state index contributed by atoms with van der Waals surface area (Å²) < 4.78 is 0. The molecule has 1 saturated heterocycles. The fourth-order valence-corrected chi connectivity index (χ4v) is 3.75. The molecule has 2 fully saturated rings. The number of likely N-dealkylation sites (tertiary alicyclic amines) is 1. The van der Waals surface area contributed by atoms with Crippen LogP contribution in [0.3, 0.4) is 0 Å². The number of rotatable bonds is 3. The van der Waals surface area contributed by atoms with Gasteiger partial charge in [-0.05, 0) is 63.5 Å². The molecule has 0 bridgehead atoms. The van der Waals surface area contributed by atoms with E-state index in [-0.39, 0.29) is 0 Å². The molecule has 2 heteroatoms. The fraction of sp³-hybridized carbons (Fsp3) is 1.00.